The number of fused-ring (bicyclic) bond motifs is 1. The van der Waals surface area contributed by atoms with Crippen LogP contribution in [0.15, 0.2) is 29.4 Å². The molecule has 1 aliphatic heterocycles. The molecule has 1 saturated heterocycles. The first-order chi connectivity index (χ1) is 14.0. The molecule has 0 amide bonds. The number of aliphatic imine (C=N–C) groups is 1. The molecule has 1 aromatic carbocycles. The van der Waals surface area contributed by atoms with Crippen molar-refractivity contribution in [2.75, 3.05) is 39.3 Å². The van der Waals surface area contributed by atoms with Gasteiger partial charge in [-0.05, 0) is 57.4 Å². The van der Waals surface area contributed by atoms with Gasteiger partial charge in [-0.25, -0.2) is 4.39 Å². The predicted octanol–water partition coefficient (Wildman–Crippen LogP) is 2.90. The Balaban J connectivity index is 1.44. The topological polar surface area (TPSA) is 64.7 Å². The summed E-state index contributed by atoms with van der Waals surface area (Å²) in [6.45, 7) is 11.8. The highest BCUT2D eigenvalue weighted by Gasteiger charge is 2.21. The number of guanidine groups is 1. The molecule has 29 heavy (non-hydrogen) atoms. The lowest BCUT2D eigenvalue weighted by Crippen LogP contribution is -2.45. The van der Waals surface area contributed by atoms with Crippen molar-refractivity contribution < 1.29 is 9.13 Å². The molecule has 2 unspecified atom stereocenters. The predicted molar refractivity (Wildman–Crippen MR) is 117 cm³/mol. The zero-order chi connectivity index (χ0) is 20.6. The summed E-state index contributed by atoms with van der Waals surface area (Å²) < 4.78 is 19.1. The van der Waals surface area contributed by atoms with Crippen molar-refractivity contribution in [1.82, 2.24) is 20.5 Å². The Morgan fingerprint density at radius 3 is 2.83 bits per heavy atom. The highest BCUT2D eigenvalue weighted by atomic mass is 19.1. The van der Waals surface area contributed by atoms with Crippen LogP contribution in [-0.2, 0) is 11.2 Å². The van der Waals surface area contributed by atoms with Crippen LogP contribution in [0.4, 0.5) is 4.39 Å². The van der Waals surface area contributed by atoms with E-state index >= 15 is 0 Å². The first kappa shape index (κ1) is 21.6. The fourth-order valence-electron chi connectivity index (χ4n) is 3.97. The van der Waals surface area contributed by atoms with E-state index in [2.05, 4.69) is 41.3 Å². The second-order valence-corrected chi connectivity index (χ2v) is 7.81. The quantitative estimate of drug-likeness (QED) is 0.360. The van der Waals surface area contributed by atoms with Gasteiger partial charge in [0.25, 0.3) is 0 Å². The molecule has 3 rings (SSSR count). The average molecular weight is 404 g/mol. The van der Waals surface area contributed by atoms with Crippen molar-refractivity contribution >= 4 is 16.9 Å². The van der Waals surface area contributed by atoms with Crippen LogP contribution in [0.1, 0.15) is 32.8 Å². The lowest BCUT2D eigenvalue weighted by Gasteiger charge is -2.35. The molecule has 2 heterocycles. The third kappa shape index (κ3) is 6.44. The minimum Gasteiger partial charge on any atom is -0.373 e. The van der Waals surface area contributed by atoms with Gasteiger partial charge < -0.3 is 20.4 Å². The van der Waals surface area contributed by atoms with Crippen molar-refractivity contribution in [3.63, 3.8) is 0 Å². The first-order valence-corrected chi connectivity index (χ1v) is 10.7. The van der Waals surface area contributed by atoms with Gasteiger partial charge in [-0.15, -0.1) is 0 Å². The van der Waals surface area contributed by atoms with Crippen molar-refractivity contribution in [2.24, 2.45) is 4.99 Å². The van der Waals surface area contributed by atoms with E-state index in [0.29, 0.717) is 12.2 Å². The Morgan fingerprint density at radius 2 is 2.07 bits per heavy atom. The Kier molecular flexibility index (Phi) is 7.89. The summed E-state index contributed by atoms with van der Waals surface area (Å²) in [6.07, 6.45) is 4.45. The van der Waals surface area contributed by atoms with Gasteiger partial charge in [0.1, 0.15) is 5.82 Å². The maximum Gasteiger partial charge on any atom is 0.191 e. The molecule has 0 radical (unpaired) electrons. The Bertz CT molecular complexity index is 796. The number of nitrogens with one attached hydrogen (secondary N) is 3. The number of hydrogen-bond acceptors (Lipinski definition) is 3. The van der Waals surface area contributed by atoms with Crippen LogP contribution in [0.3, 0.4) is 0 Å². The number of H-pyrrole nitrogens is 1. The third-order valence-corrected chi connectivity index (χ3v) is 5.16. The van der Waals surface area contributed by atoms with Crippen LogP contribution < -0.4 is 10.6 Å². The van der Waals surface area contributed by atoms with Gasteiger partial charge in [-0.2, -0.15) is 0 Å². The summed E-state index contributed by atoms with van der Waals surface area (Å²) in [7, 11) is 0. The molecule has 1 aliphatic rings. The molecule has 1 aromatic heterocycles. The maximum atomic E-state index is 13.3. The zero-order valence-corrected chi connectivity index (χ0v) is 17.8. The molecule has 7 heteroatoms. The Hall–Kier alpha value is -2.12. The summed E-state index contributed by atoms with van der Waals surface area (Å²) in [5, 5.41) is 7.79. The zero-order valence-electron chi connectivity index (χ0n) is 17.8. The molecule has 2 aromatic rings. The van der Waals surface area contributed by atoms with Crippen molar-refractivity contribution in [2.45, 2.75) is 45.8 Å². The van der Waals surface area contributed by atoms with Crippen molar-refractivity contribution in [1.29, 1.82) is 0 Å². The lowest BCUT2D eigenvalue weighted by atomic mass is 10.1. The molecular weight excluding hydrogens is 369 g/mol. The number of ether oxygens (including phenoxy) is 1. The number of halogens is 1. The van der Waals surface area contributed by atoms with Gasteiger partial charge in [-0.3, -0.25) is 9.89 Å². The number of hydrogen-bond donors (Lipinski definition) is 3. The smallest absolute Gasteiger partial charge is 0.191 e. The van der Waals surface area contributed by atoms with Gasteiger partial charge in [0.15, 0.2) is 5.96 Å². The second kappa shape index (κ2) is 10.6. The van der Waals surface area contributed by atoms with Crippen molar-refractivity contribution in [3.05, 3.63) is 35.8 Å². The molecule has 0 bridgehead atoms. The van der Waals surface area contributed by atoms with Crippen LogP contribution in [-0.4, -0.2) is 67.3 Å². The van der Waals surface area contributed by atoms with E-state index in [1.165, 1.54) is 17.7 Å². The van der Waals surface area contributed by atoms with Gasteiger partial charge >= 0.3 is 0 Å². The lowest BCUT2D eigenvalue weighted by molar-refractivity contribution is -0.0679. The fourth-order valence-corrected chi connectivity index (χ4v) is 3.97. The average Bonchev–Trinajstić information content (AvgIpc) is 3.06. The summed E-state index contributed by atoms with van der Waals surface area (Å²) >= 11 is 0. The van der Waals surface area contributed by atoms with Crippen LogP contribution >= 0.6 is 0 Å². The minimum atomic E-state index is -0.216. The number of rotatable bonds is 8. The molecule has 0 spiro atoms. The van der Waals surface area contributed by atoms with E-state index in [9.17, 15) is 4.39 Å². The fraction of sp³-hybridized carbons (Fsp3) is 0.591. The summed E-state index contributed by atoms with van der Waals surface area (Å²) in [6, 6.07) is 4.88. The minimum absolute atomic E-state index is 0.216. The summed E-state index contributed by atoms with van der Waals surface area (Å²) in [5.41, 5.74) is 2.02. The molecule has 1 fully saturated rings. The number of aromatic nitrogens is 1. The van der Waals surface area contributed by atoms with Gasteiger partial charge in [0, 0.05) is 56.4 Å². The molecular formula is C22H34FN5O. The summed E-state index contributed by atoms with van der Waals surface area (Å²) in [4.78, 5) is 10.3. The van der Waals surface area contributed by atoms with Crippen LogP contribution in [0.25, 0.3) is 10.9 Å². The third-order valence-electron chi connectivity index (χ3n) is 5.16. The number of morpholine rings is 1. The normalized spacial score (nSPS) is 20.9. The van der Waals surface area contributed by atoms with E-state index in [4.69, 9.17) is 9.73 Å². The number of aromatic amines is 1. The van der Waals surface area contributed by atoms with E-state index < -0.39 is 0 Å². The van der Waals surface area contributed by atoms with Crippen molar-refractivity contribution in [3.8, 4) is 0 Å². The van der Waals surface area contributed by atoms with Crippen LogP contribution in [0.2, 0.25) is 0 Å². The molecule has 0 saturated carbocycles. The molecule has 160 valence electrons. The second-order valence-electron chi connectivity index (χ2n) is 7.81. The van der Waals surface area contributed by atoms with E-state index in [1.807, 2.05) is 12.3 Å². The standard InChI is InChI=1S/C22H34FN5O/c1-4-24-22(25-9-5-11-28-14-16(2)29-17(3)15-28)26-10-8-18-13-27-21-12-19(23)6-7-20(18)21/h6-7,12-13,16-17,27H,4-5,8-11,14-15H2,1-3H3,(H2,24,25,26). The van der Waals surface area contributed by atoms with Gasteiger partial charge in [0.2, 0.25) is 0 Å². The van der Waals surface area contributed by atoms with E-state index in [1.54, 1.807) is 0 Å². The molecule has 0 aliphatic carbocycles. The molecule has 3 N–H and O–H groups in total. The highest BCUT2D eigenvalue weighted by Crippen LogP contribution is 2.19. The van der Waals surface area contributed by atoms with Crippen LogP contribution in [0, 0.1) is 5.82 Å². The van der Waals surface area contributed by atoms with E-state index in [0.717, 1.165) is 69.0 Å². The van der Waals surface area contributed by atoms with Crippen LogP contribution in [0.5, 0.6) is 0 Å². The van der Waals surface area contributed by atoms with Gasteiger partial charge in [0.05, 0.1) is 12.2 Å². The largest absolute Gasteiger partial charge is 0.373 e. The molecule has 6 nitrogen and oxygen atoms in total. The molecule has 2 atom stereocenters. The number of benzene rings is 1. The monoisotopic (exact) mass is 403 g/mol. The van der Waals surface area contributed by atoms with E-state index in [-0.39, 0.29) is 5.82 Å². The maximum absolute atomic E-state index is 13.3. The highest BCUT2D eigenvalue weighted by molar-refractivity contribution is 5.83. The van der Waals surface area contributed by atoms with Gasteiger partial charge in [-0.1, -0.05) is 0 Å². The number of nitrogens with zero attached hydrogens (tertiary/aromatic N) is 2. The summed E-state index contributed by atoms with van der Waals surface area (Å²) in [5.74, 6) is 0.633. The SMILES string of the molecule is CCNC(=NCCCN1CC(C)OC(C)C1)NCCc1c[nH]c2cc(F)ccc12. The Morgan fingerprint density at radius 1 is 1.28 bits per heavy atom. The first-order valence-electron chi connectivity index (χ1n) is 10.7. The Labute approximate surface area is 172 Å².